The molecule has 8 heteroatoms. The van der Waals surface area contributed by atoms with Gasteiger partial charge in [-0.05, 0) is 10.1 Å². The molecule has 0 saturated heterocycles. The van der Waals surface area contributed by atoms with E-state index in [9.17, 15) is 18.0 Å². The van der Waals surface area contributed by atoms with Crippen LogP contribution in [0.2, 0.25) is 0 Å². The van der Waals surface area contributed by atoms with Crippen molar-refractivity contribution in [1.29, 1.82) is 0 Å². The van der Waals surface area contributed by atoms with Crippen molar-refractivity contribution >= 4 is 31.5 Å². The van der Waals surface area contributed by atoms with Gasteiger partial charge < -0.3 is 0 Å². The molecule has 0 saturated carbocycles. The molecule has 0 radical (unpaired) electrons. The molecule has 0 spiro atoms. The van der Waals surface area contributed by atoms with Gasteiger partial charge in [0.15, 0.2) is 17.6 Å². The van der Waals surface area contributed by atoms with Crippen molar-refractivity contribution in [2.75, 3.05) is 0 Å². The topological polar surface area (TPSA) is 93.0 Å². The smallest absolute Gasteiger partial charge is 0.296 e. The monoisotopic (exact) mass is 286 g/mol. The van der Waals surface area contributed by atoms with Crippen LogP contribution in [0.5, 0.6) is 0 Å². The fourth-order valence-electron chi connectivity index (χ4n) is 1.74. The Balaban J connectivity index is 2.48. The molecule has 0 aliphatic heterocycles. The van der Waals surface area contributed by atoms with Gasteiger partial charge in [-0.2, -0.15) is 13.5 Å². The van der Waals surface area contributed by atoms with Crippen LogP contribution >= 0.6 is 10.7 Å². The number of carbonyl (C=O) groups is 2. The van der Waals surface area contributed by atoms with E-state index in [4.69, 9.17) is 10.7 Å². The maximum atomic E-state index is 11.7. The van der Waals surface area contributed by atoms with Crippen LogP contribution in [0, 0.1) is 0 Å². The van der Waals surface area contributed by atoms with Crippen molar-refractivity contribution in [2.45, 2.75) is 12.5 Å². The van der Waals surface area contributed by atoms with Crippen LogP contribution in [-0.4, -0.2) is 20.0 Å². The largest absolute Gasteiger partial charge is 0.356 e. The molecule has 1 atom stereocenters. The van der Waals surface area contributed by atoms with Gasteiger partial charge in [0.05, 0.1) is 6.42 Å². The molecule has 0 heterocycles. The number of benzene rings is 1. The highest BCUT2D eigenvalue weighted by Gasteiger charge is 2.32. The fraction of sp³-hybridized carbons (Fsp3) is 0.200. The first-order chi connectivity index (χ1) is 8.38. The highest BCUT2D eigenvalue weighted by Crippen LogP contribution is 2.30. The van der Waals surface area contributed by atoms with Crippen LogP contribution in [-0.2, 0) is 14.0 Å². The lowest BCUT2D eigenvalue weighted by Crippen LogP contribution is -2.23. The lowest BCUT2D eigenvalue weighted by Gasteiger charge is -2.18. The molecule has 0 bridgehead atoms. The molecule has 94 valence electrons. The number of nitrogens with zero attached hydrogens (tertiary/aromatic N) is 2. The molecule has 1 unspecified atom stereocenters. The SMILES string of the molecule is O=C1CC(=O)C(N=NS(=O)(=O)Cl)c2ccccc21. The van der Waals surface area contributed by atoms with Gasteiger partial charge in [0.2, 0.25) is 0 Å². The van der Waals surface area contributed by atoms with E-state index in [2.05, 4.69) is 9.63 Å². The second-order valence-electron chi connectivity index (χ2n) is 3.67. The minimum Gasteiger partial charge on any atom is -0.296 e. The summed E-state index contributed by atoms with van der Waals surface area (Å²) in [5.74, 6) is -0.807. The highest BCUT2D eigenvalue weighted by molar-refractivity contribution is 8.12. The first-order valence-corrected chi connectivity index (χ1v) is 7.16. The zero-order chi connectivity index (χ0) is 13.3. The Morgan fingerprint density at radius 2 is 1.89 bits per heavy atom. The van der Waals surface area contributed by atoms with Gasteiger partial charge in [-0.1, -0.05) is 24.3 Å². The van der Waals surface area contributed by atoms with Gasteiger partial charge in [-0.3, -0.25) is 9.59 Å². The number of Topliss-reactive ketones (excluding diaryl/α,β-unsaturated/α-hetero) is 2. The summed E-state index contributed by atoms with van der Waals surface area (Å²) in [6.45, 7) is 0. The Labute approximate surface area is 107 Å². The minimum absolute atomic E-state index is 0.309. The second kappa shape index (κ2) is 4.58. The number of ketones is 2. The van der Waals surface area contributed by atoms with E-state index in [1.807, 2.05) is 0 Å². The lowest BCUT2D eigenvalue weighted by molar-refractivity contribution is -0.119. The zero-order valence-electron chi connectivity index (χ0n) is 8.91. The van der Waals surface area contributed by atoms with E-state index < -0.39 is 21.1 Å². The van der Waals surface area contributed by atoms with Gasteiger partial charge in [0, 0.05) is 16.2 Å². The molecule has 0 N–H and O–H groups in total. The van der Waals surface area contributed by atoms with Gasteiger partial charge in [0.25, 0.3) is 0 Å². The lowest BCUT2D eigenvalue weighted by atomic mass is 9.86. The van der Waals surface area contributed by atoms with Crippen LogP contribution in [0.3, 0.4) is 0 Å². The maximum Gasteiger partial charge on any atom is 0.356 e. The maximum absolute atomic E-state index is 11.7. The molecule has 2 rings (SSSR count). The summed E-state index contributed by atoms with van der Waals surface area (Å²) in [7, 11) is 0.720. The van der Waals surface area contributed by atoms with Crippen molar-refractivity contribution < 1.29 is 18.0 Å². The second-order valence-corrected chi connectivity index (χ2v) is 5.82. The van der Waals surface area contributed by atoms with E-state index in [1.165, 1.54) is 6.07 Å². The summed E-state index contributed by atoms with van der Waals surface area (Å²) < 4.78 is 24.3. The van der Waals surface area contributed by atoms with Gasteiger partial charge in [-0.25, -0.2) is 0 Å². The molecule has 0 aromatic heterocycles. The number of rotatable bonds is 2. The number of halogens is 1. The summed E-state index contributed by atoms with van der Waals surface area (Å²) in [6, 6.07) is 5.28. The van der Waals surface area contributed by atoms with Crippen LogP contribution in [0.15, 0.2) is 33.9 Å². The predicted molar refractivity (Wildman–Crippen MR) is 62.8 cm³/mol. The van der Waals surface area contributed by atoms with E-state index in [0.29, 0.717) is 11.1 Å². The molecule has 18 heavy (non-hydrogen) atoms. The Morgan fingerprint density at radius 1 is 1.22 bits per heavy atom. The molecular weight excluding hydrogens is 280 g/mol. The first kappa shape index (κ1) is 12.8. The molecule has 0 fully saturated rings. The number of hydrogen-bond donors (Lipinski definition) is 0. The van der Waals surface area contributed by atoms with E-state index in [-0.39, 0.29) is 12.2 Å². The average molecular weight is 287 g/mol. The number of carbonyl (C=O) groups excluding carboxylic acids is 2. The van der Waals surface area contributed by atoms with Crippen LogP contribution in [0.25, 0.3) is 0 Å². The standard InChI is InChI=1S/C10H7ClN2O4S/c11-18(16,17)13-12-10-7-4-2-1-3-6(7)8(14)5-9(10)15/h1-4,10H,5H2. The van der Waals surface area contributed by atoms with Gasteiger partial charge in [-0.15, -0.1) is 0 Å². The van der Waals surface area contributed by atoms with Crippen LogP contribution in [0.4, 0.5) is 0 Å². The summed E-state index contributed by atoms with van der Waals surface area (Å²) in [5, 5.41) is 3.41. The van der Waals surface area contributed by atoms with E-state index in [0.717, 1.165) is 0 Å². The summed E-state index contributed by atoms with van der Waals surface area (Å²) in [5.41, 5.74) is 0.704. The number of hydrogen-bond acceptors (Lipinski definition) is 5. The molecule has 1 aliphatic carbocycles. The van der Waals surface area contributed by atoms with Crippen LogP contribution < -0.4 is 0 Å². The molecule has 1 aromatic carbocycles. The molecule has 1 aromatic rings. The van der Waals surface area contributed by atoms with Crippen molar-refractivity contribution in [3.8, 4) is 0 Å². The summed E-state index contributed by atoms with van der Waals surface area (Å²) in [6.07, 6.45) is -0.316. The molecule has 6 nitrogen and oxygen atoms in total. The van der Waals surface area contributed by atoms with Gasteiger partial charge >= 0.3 is 9.24 Å². The summed E-state index contributed by atoms with van der Waals surface area (Å²) in [4.78, 5) is 23.3. The molecule has 0 amide bonds. The van der Waals surface area contributed by atoms with Crippen LogP contribution in [0.1, 0.15) is 28.4 Å². The number of fused-ring (bicyclic) bond motifs is 1. The fourth-order valence-corrected chi connectivity index (χ4v) is 2.06. The Morgan fingerprint density at radius 3 is 2.56 bits per heavy atom. The third kappa shape index (κ3) is 2.62. The zero-order valence-corrected chi connectivity index (χ0v) is 10.5. The Bertz CT molecular complexity index is 654. The Kier molecular flexibility index (Phi) is 3.27. The normalized spacial score (nSPS) is 20.2. The van der Waals surface area contributed by atoms with Crippen molar-refractivity contribution in [1.82, 2.24) is 0 Å². The highest BCUT2D eigenvalue weighted by atomic mass is 35.7. The third-order valence-electron chi connectivity index (χ3n) is 2.46. The van der Waals surface area contributed by atoms with Crippen molar-refractivity contribution in [2.24, 2.45) is 9.63 Å². The van der Waals surface area contributed by atoms with Crippen molar-refractivity contribution in [3.05, 3.63) is 35.4 Å². The third-order valence-corrected chi connectivity index (χ3v) is 2.93. The quantitative estimate of drug-likeness (QED) is 0.471. The average Bonchev–Trinajstić information content (AvgIpc) is 2.27. The van der Waals surface area contributed by atoms with Gasteiger partial charge in [0.1, 0.15) is 0 Å². The Hall–Kier alpha value is -1.60. The molecule has 1 aliphatic rings. The van der Waals surface area contributed by atoms with Crippen molar-refractivity contribution in [3.63, 3.8) is 0 Å². The minimum atomic E-state index is -4.17. The summed E-state index contributed by atoms with van der Waals surface area (Å²) >= 11 is 0. The molecular formula is C10H7ClN2O4S. The van der Waals surface area contributed by atoms with E-state index >= 15 is 0 Å². The first-order valence-electron chi connectivity index (χ1n) is 4.90. The predicted octanol–water partition coefficient (Wildman–Crippen LogP) is 1.82. The van der Waals surface area contributed by atoms with E-state index in [1.54, 1.807) is 18.2 Å².